The number of carbonyl (C=O) groups excluding carboxylic acids is 2. The van der Waals surface area contributed by atoms with Crippen LogP contribution >= 0.6 is 11.6 Å². The van der Waals surface area contributed by atoms with Crippen LogP contribution in [-0.4, -0.2) is 38.7 Å². The lowest BCUT2D eigenvalue weighted by Gasteiger charge is -2.07. The van der Waals surface area contributed by atoms with Crippen LogP contribution in [0.4, 0.5) is 5.69 Å². The minimum absolute atomic E-state index is 0.212. The van der Waals surface area contributed by atoms with Crippen molar-refractivity contribution >= 4 is 29.2 Å². The second kappa shape index (κ2) is 8.95. The Labute approximate surface area is 170 Å². The summed E-state index contributed by atoms with van der Waals surface area (Å²) >= 11 is 5.90. The van der Waals surface area contributed by atoms with Gasteiger partial charge in [0.05, 0.1) is 10.6 Å². The van der Waals surface area contributed by atoms with E-state index in [4.69, 9.17) is 21.6 Å². The first-order valence-electron chi connectivity index (χ1n) is 8.44. The maximum atomic E-state index is 11.9. The highest BCUT2D eigenvalue weighted by atomic mass is 35.5. The lowest BCUT2D eigenvalue weighted by molar-refractivity contribution is -0.148. The fraction of sp³-hybridized carbons (Fsp3) is 0.158. The topological polar surface area (TPSA) is 123 Å². The molecule has 0 radical (unpaired) electrons. The van der Waals surface area contributed by atoms with Crippen molar-refractivity contribution < 1.29 is 14.3 Å². The number of benzene rings is 2. The maximum absolute atomic E-state index is 11.9. The number of anilines is 1. The first-order valence-corrected chi connectivity index (χ1v) is 8.82. The van der Waals surface area contributed by atoms with Crippen molar-refractivity contribution in [1.29, 1.82) is 5.26 Å². The zero-order valence-corrected chi connectivity index (χ0v) is 16.1. The zero-order chi connectivity index (χ0) is 20.8. The summed E-state index contributed by atoms with van der Waals surface area (Å²) in [5.41, 5.74) is 2.55. The van der Waals surface area contributed by atoms with E-state index in [1.54, 1.807) is 0 Å². The minimum atomic E-state index is -0.689. The van der Waals surface area contributed by atoms with Crippen molar-refractivity contribution in [3.63, 3.8) is 0 Å². The highest BCUT2D eigenvalue weighted by molar-refractivity contribution is 6.32. The molecule has 0 aliphatic rings. The molecule has 1 aromatic heterocycles. The predicted molar refractivity (Wildman–Crippen MR) is 104 cm³/mol. The van der Waals surface area contributed by atoms with Crippen LogP contribution in [0.15, 0.2) is 42.5 Å². The SMILES string of the molecule is Cc1ccc(-c2nnn(CC(=O)OCC(=O)Nc3ccc(C#N)c(Cl)c3)n2)cc1. The molecule has 0 aliphatic heterocycles. The number of nitriles is 1. The van der Waals surface area contributed by atoms with Gasteiger partial charge in [0.15, 0.2) is 13.2 Å². The molecule has 0 aliphatic carbocycles. The van der Waals surface area contributed by atoms with Gasteiger partial charge in [0.25, 0.3) is 5.91 Å². The largest absolute Gasteiger partial charge is 0.454 e. The van der Waals surface area contributed by atoms with E-state index < -0.39 is 18.5 Å². The number of nitrogens with zero attached hydrogens (tertiary/aromatic N) is 5. The molecule has 0 fully saturated rings. The van der Waals surface area contributed by atoms with E-state index in [1.807, 2.05) is 37.3 Å². The summed E-state index contributed by atoms with van der Waals surface area (Å²) in [6, 6.07) is 13.9. The molecule has 0 spiro atoms. The summed E-state index contributed by atoms with van der Waals surface area (Å²) in [5, 5.41) is 23.4. The second-order valence-electron chi connectivity index (χ2n) is 6.02. The second-order valence-corrected chi connectivity index (χ2v) is 6.43. The van der Waals surface area contributed by atoms with Crippen molar-refractivity contribution in [2.75, 3.05) is 11.9 Å². The average molecular weight is 411 g/mol. The Morgan fingerprint density at radius 3 is 2.69 bits per heavy atom. The van der Waals surface area contributed by atoms with Crippen LogP contribution in [0.3, 0.4) is 0 Å². The van der Waals surface area contributed by atoms with E-state index in [0.29, 0.717) is 17.1 Å². The van der Waals surface area contributed by atoms with Crippen molar-refractivity contribution in [2.24, 2.45) is 0 Å². The van der Waals surface area contributed by atoms with Gasteiger partial charge in [-0.15, -0.1) is 10.2 Å². The lowest BCUT2D eigenvalue weighted by atomic mass is 10.1. The number of halogens is 1. The molecule has 10 heteroatoms. The fourth-order valence-corrected chi connectivity index (χ4v) is 2.54. The number of carbonyl (C=O) groups is 2. The zero-order valence-electron chi connectivity index (χ0n) is 15.3. The molecule has 9 nitrogen and oxygen atoms in total. The van der Waals surface area contributed by atoms with Crippen LogP contribution in [0.25, 0.3) is 11.4 Å². The number of tetrazole rings is 1. The fourth-order valence-electron chi connectivity index (χ4n) is 2.32. The number of rotatable bonds is 6. The Balaban J connectivity index is 1.50. The van der Waals surface area contributed by atoms with Gasteiger partial charge >= 0.3 is 5.97 Å². The van der Waals surface area contributed by atoms with Crippen molar-refractivity contribution in [1.82, 2.24) is 20.2 Å². The Kier molecular flexibility index (Phi) is 6.16. The standard InChI is InChI=1S/C19H15ClN6O3/c1-12-2-4-13(5-3-12)19-23-25-26(24-19)10-18(28)29-11-17(27)22-15-7-6-14(9-21)16(20)8-15/h2-8H,10-11H2,1H3,(H,22,27). The quantitative estimate of drug-likeness (QED) is 0.618. The molecular formula is C19H15ClN6O3. The van der Waals surface area contributed by atoms with E-state index in [-0.39, 0.29) is 11.6 Å². The molecule has 0 saturated carbocycles. The molecule has 1 N–H and O–H groups in total. The summed E-state index contributed by atoms with van der Waals surface area (Å²) in [6.07, 6.45) is 0. The molecular weight excluding hydrogens is 396 g/mol. The van der Waals surface area contributed by atoms with Crippen LogP contribution in [0.1, 0.15) is 11.1 Å². The van der Waals surface area contributed by atoms with Gasteiger partial charge in [-0.25, -0.2) is 4.79 Å². The average Bonchev–Trinajstić information content (AvgIpc) is 3.15. The number of nitrogens with one attached hydrogen (secondary N) is 1. The maximum Gasteiger partial charge on any atom is 0.330 e. The Bertz CT molecular complexity index is 1090. The first-order chi connectivity index (χ1) is 13.9. The van der Waals surface area contributed by atoms with E-state index >= 15 is 0 Å². The van der Waals surface area contributed by atoms with Crippen molar-refractivity contribution in [3.8, 4) is 17.5 Å². The van der Waals surface area contributed by atoms with Gasteiger partial charge in [-0.3, -0.25) is 4.79 Å². The Morgan fingerprint density at radius 2 is 2.00 bits per heavy atom. The molecule has 2 aromatic carbocycles. The summed E-state index contributed by atoms with van der Waals surface area (Å²) in [7, 11) is 0. The van der Waals surface area contributed by atoms with Gasteiger partial charge in [-0.1, -0.05) is 41.4 Å². The third kappa shape index (κ3) is 5.37. The lowest BCUT2D eigenvalue weighted by Crippen LogP contribution is -2.23. The highest BCUT2D eigenvalue weighted by Gasteiger charge is 2.12. The monoisotopic (exact) mass is 410 g/mol. The molecule has 3 rings (SSSR count). The van der Waals surface area contributed by atoms with Crippen LogP contribution in [0, 0.1) is 18.3 Å². The molecule has 0 unspecified atom stereocenters. The molecule has 29 heavy (non-hydrogen) atoms. The van der Waals surface area contributed by atoms with Crippen LogP contribution in [0.2, 0.25) is 5.02 Å². The van der Waals surface area contributed by atoms with Crippen molar-refractivity contribution in [2.45, 2.75) is 13.5 Å². The molecule has 1 amide bonds. The molecule has 146 valence electrons. The Morgan fingerprint density at radius 1 is 1.24 bits per heavy atom. The van der Waals surface area contributed by atoms with Gasteiger partial charge in [-0.2, -0.15) is 10.1 Å². The van der Waals surface area contributed by atoms with Gasteiger partial charge < -0.3 is 10.1 Å². The molecule has 0 atom stereocenters. The summed E-state index contributed by atoms with van der Waals surface area (Å²) in [6.45, 7) is 1.20. The number of amides is 1. The number of aromatic nitrogens is 4. The summed E-state index contributed by atoms with van der Waals surface area (Å²) in [4.78, 5) is 24.9. The number of hydrogen-bond donors (Lipinski definition) is 1. The van der Waals surface area contributed by atoms with Gasteiger partial charge in [-0.05, 0) is 30.3 Å². The number of esters is 1. The molecule has 3 aromatic rings. The van der Waals surface area contributed by atoms with E-state index in [1.165, 1.54) is 18.2 Å². The third-order valence-electron chi connectivity index (χ3n) is 3.77. The van der Waals surface area contributed by atoms with Crippen LogP contribution in [-0.2, 0) is 20.9 Å². The first kappa shape index (κ1) is 20.0. The van der Waals surface area contributed by atoms with E-state index in [9.17, 15) is 9.59 Å². The minimum Gasteiger partial charge on any atom is -0.454 e. The Hall–Kier alpha value is -3.77. The summed E-state index contributed by atoms with van der Waals surface area (Å²) in [5.74, 6) is -0.856. The van der Waals surface area contributed by atoms with Gasteiger partial charge in [0, 0.05) is 11.3 Å². The van der Waals surface area contributed by atoms with E-state index in [0.717, 1.165) is 15.9 Å². The molecule has 0 saturated heterocycles. The number of aryl methyl sites for hydroxylation is 1. The predicted octanol–water partition coefficient (Wildman–Crippen LogP) is 2.36. The van der Waals surface area contributed by atoms with E-state index in [2.05, 4.69) is 20.7 Å². The normalized spacial score (nSPS) is 10.2. The van der Waals surface area contributed by atoms with Gasteiger partial charge in [0.2, 0.25) is 5.82 Å². The van der Waals surface area contributed by atoms with Crippen LogP contribution in [0.5, 0.6) is 0 Å². The highest BCUT2D eigenvalue weighted by Crippen LogP contribution is 2.20. The van der Waals surface area contributed by atoms with Gasteiger partial charge in [0.1, 0.15) is 6.07 Å². The smallest absolute Gasteiger partial charge is 0.330 e. The van der Waals surface area contributed by atoms with Crippen molar-refractivity contribution in [3.05, 3.63) is 58.6 Å². The number of hydrogen-bond acceptors (Lipinski definition) is 7. The molecule has 0 bridgehead atoms. The third-order valence-corrected chi connectivity index (χ3v) is 4.08. The summed E-state index contributed by atoms with van der Waals surface area (Å²) < 4.78 is 4.92. The van der Waals surface area contributed by atoms with Crippen LogP contribution < -0.4 is 5.32 Å². The molecule has 1 heterocycles. The number of ether oxygens (including phenoxy) is 1.